The minimum atomic E-state index is -2.42. The maximum atomic E-state index is 12.5. The third-order valence-electron chi connectivity index (χ3n) is 2.91. The monoisotopic (exact) mass is 311 g/mol. The largest absolute Gasteiger partial charge is 0.380 e. The van der Waals surface area contributed by atoms with Crippen LogP contribution in [0.3, 0.4) is 0 Å². The molecule has 21 heavy (non-hydrogen) atoms. The van der Waals surface area contributed by atoms with Crippen molar-refractivity contribution < 1.29 is 8.78 Å². The molecule has 2 aromatic rings. The first kappa shape index (κ1) is 15.8. The summed E-state index contributed by atoms with van der Waals surface area (Å²) < 4.78 is 26.9. The van der Waals surface area contributed by atoms with Gasteiger partial charge in [-0.2, -0.15) is 13.9 Å². The molecule has 0 amide bonds. The Hall–Kier alpha value is -1.56. The van der Waals surface area contributed by atoms with Crippen molar-refractivity contribution in [2.24, 2.45) is 0 Å². The van der Waals surface area contributed by atoms with Crippen LogP contribution in [0.1, 0.15) is 26.3 Å². The molecule has 3 nitrogen and oxygen atoms in total. The van der Waals surface area contributed by atoms with Crippen molar-refractivity contribution in [2.45, 2.75) is 43.5 Å². The highest BCUT2D eigenvalue weighted by atomic mass is 32.2. The van der Waals surface area contributed by atoms with Gasteiger partial charge < -0.3 is 5.32 Å². The van der Waals surface area contributed by atoms with Gasteiger partial charge in [0.05, 0.1) is 11.7 Å². The normalized spacial score (nSPS) is 11.9. The van der Waals surface area contributed by atoms with Gasteiger partial charge in [0.1, 0.15) is 0 Å². The molecule has 1 N–H and O–H groups in total. The van der Waals surface area contributed by atoms with Crippen molar-refractivity contribution in [2.75, 3.05) is 5.32 Å². The summed E-state index contributed by atoms with van der Waals surface area (Å²) in [6.07, 6.45) is 3.76. The highest BCUT2D eigenvalue weighted by Gasteiger charge is 2.14. The summed E-state index contributed by atoms with van der Waals surface area (Å²) >= 11 is 0.553. The average molecular weight is 311 g/mol. The molecule has 114 valence electrons. The molecule has 2 rings (SSSR count). The maximum absolute atomic E-state index is 12.5. The topological polar surface area (TPSA) is 29.9 Å². The number of thioether (sulfide) groups is 1. The number of aromatic nitrogens is 2. The lowest BCUT2D eigenvalue weighted by Gasteiger charge is -2.18. The van der Waals surface area contributed by atoms with Gasteiger partial charge in [0.25, 0.3) is 5.76 Å². The Morgan fingerprint density at radius 3 is 2.62 bits per heavy atom. The fourth-order valence-corrected chi connectivity index (χ4v) is 2.44. The zero-order valence-electron chi connectivity index (χ0n) is 12.3. The molecule has 0 bridgehead atoms. The van der Waals surface area contributed by atoms with Gasteiger partial charge in [-0.1, -0.05) is 23.9 Å². The van der Waals surface area contributed by atoms with Gasteiger partial charge in [0.15, 0.2) is 0 Å². The Kier molecular flexibility index (Phi) is 4.88. The summed E-state index contributed by atoms with van der Waals surface area (Å²) in [5, 5.41) is 7.51. The van der Waals surface area contributed by atoms with E-state index in [0.717, 1.165) is 5.56 Å². The van der Waals surface area contributed by atoms with Crippen LogP contribution in [-0.2, 0) is 12.1 Å². The van der Waals surface area contributed by atoms with Crippen LogP contribution in [0.5, 0.6) is 0 Å². The van der Waals surface area contributed by atoms with Crippen molar-refractivity contribution >= 4 is 17.4 Å². The van der Waals surface area contributed by atoms with Crippen molar-refractivity contribution in [3.05, 3.63) is 42.2 Å². The molecule has 0 aliphatic heterocycles. The molecule has 0 spiro atoms. The molecule has 0 fully saturated rings. The Bertz CT molecular complexity index is 591. The molecule has 0 radical (unpaired) electrons. The minimum Gasteiger partial charge on any atom is -0.380 e. The van der Waals surface area contributed by atoms with Crippen LogP contribution in [-0.4, -0.2) is 15.5 Å². The zero-order chi connectivity index (χ0) is 15.5. The molecule has 0 unspecified atom stereocenters. The molecule has 1 aromatic heterocycles. The molecule has 6 heteroatoms. The van der Waals surface area contributed by atoms with E-state index in [4.69, 9.17) is 0 Å². The van der Waals surface area contributed by atoms with E-state index >= 15 is 0 Å². The maximum Gasteiger partial charge on any atom is 0.288 e. The van der Waals surface area contributed by atoms with E-state index in [2.05, 4.69) is 31.2 Å². The average Bonchev–Trinajstić information content (AvgIpc) is 2.86. The first-order valence-corrected chi connectivity index (χ1v) is 7.56. The van der Waals surface area contributed by atoms with Crippen LogP contribution < -0.4 is 5.32 Å². The number of halogens is 2. The fraction of sp³-hybridized carbons (Fsp3) is 0.400. The van der Waals surface area contributed by atoms with Gasteiger partial charge in [-0.05, 0) is 32.9 Å². The third-order valence-corrected chi connectivity index (χ3v) is 3.70. The fourth-order valence-electron chi connectivity index (χ4n) is 1.83. The van der Waals surface area contributed by atoms with Gasteiger partial charge in [-0.15, -0.1) is 0 Å². The standard InChI is InChI=1S/C15H19F2N3S/c1-15(2,3)20-10-11(9-19-20)8-18-12-6-4-5-7-13(12)21-14(16)17/h4-7,9-10,14,18H,8H2,1-3H3. The highest BCUT2D eigenvalue weighted by molar-refractivity contribution is 7.99. The van der Waals surface area contributed by atoms with Crippen molar-refractivity contribution in [3.8, 4) is 0 Å². The summed E-state index contributed by atoms with van der Waals surface area (Å²) in [7, 11) is 0. The summed E-state index contributed by atoms with van der Waals surface area (Å²) in [5.74, 6) is -2.42. The van der Waals surface area contributed by atoms with E-state index in [0.29, 0.717) is 28.9 Å². The van der Waals surface area contributed by atoms with E-state index in [9.17, 15) is 8.78 Å². The second-order valence-electron chi connectivity index (χ2n) is 5.69. The summed E-state index contributed by atoms with van der Waals surface area (Å²) in [6.45, 7) is 6.78. The summed E-state index contributed by atoms with van der Waals surface area (Å²) in [5.41, 5.74) is 1.66. The molecular weight excluding hydrogens is 292 g/mol. The number of alkyl halides is 2. The van der Waals surface area contributed by atoms with E-state index in [-0.39, 0.29) is 5.54 Å². The third kappa shape index (κ3) is 4.46. The number of hydrogen-bond donors (Lipinski definition) is 1. The summed E-state index contributed by atoms with van der Waals surface area (Å²) in [4.78, 5) is 0.552. The van der Waals surface area contributed by atoms with Crippen LogP contribution in [0.15, 0.2) is 41.6 Å². The molecule has 0 atom stereocenters. The zero-order valence-corrected chi connectivity index (χ0v) is 13.1. The Morgan fingerprint density at radius 1 is 1.29 bits per heavy atom. The van der Waals surface area contributed by atoms with Gasteiger partial charge in [0.2, 0.25) is 0 Å². The smallest absolute Gasteiger partial charge is 0.288 e. The predicted molar refractivity (Wildman–Crippen MR) is 82.9 cm³/mol. The molecular formula is C15H19F2N3S. The number of rotatable bonds is 5. The number of nitrogens with zero attached hydrogens (tertiary/aromatic N) is 2. The molecule has 0 saturated carbocycles. The molecule has 0 saturated heterocycles. The molecule has 1 aromatic carbocycles. The van der Waals surface area contributed by atoms with Crippen LogP contribution in [0.2, 0.25) is 0 Å². The molecule has 0 aliphatic rings. The Morgan fingerprint density at radius 2 is 2.00 bits per heavy atom. The quantitative estimate of drug-likeness (QED) is 0.821. The number of hydrogen-bond acceptors (Lipinski definition) is 3. The Labute approximate surface area is 127 Å². The van der Waals surface area contributed by atoms with E-state index in [1.165, 1.54) is 0 Å². The molecule has 1 heterocycles. The lowest BCUT2D eigenvalue weighted by Crippen LogP contribution is -2.21. The van der Waals surface area contributed by atoms with Gasteiger partial charge in [0, 0.05) is 28.9 Å². The first-order chi connectivity index (χ1) is 9.86. The van der Waals surface area contributed by atoms with Gasteiger partial charge >= 0.3 is 0 Å². The number of para-hydroxylation sites is 1. The van der Waals surface area contributed by atoms with Crippen LogP contribution in [0, 0.1) is 0 Å². The SMILES string of the molecule is CC(C)(C)n1cc(CNc2ccccc2SC(F)F)cn1. The van der Waals surface area contributed by atoms with Crippen LogP contribution in [0.25, 0.3) is 0 Å². The van der Waals surface area contributed by atoms with Crippen molar-refractivity contribution in [3.63, 3.8) is 0 Å². The lowest BCUT2D eigenvalue weighted by atomic mass is 10.1. The van der Waals surface area contributed by atoms with Gasteiger partial charge in [-0.25, -0.2) is 0 Å². The highest BCUT2D eigenvalue weighted by Crippen LogP contribution is 2.31. The van der Waals surface area contributed by atoms with E-state index in [1.807, 2.05) is 16.9 Å². The molecule has 0 aliphatic carbocycles. The van der Waals surface area contributed by atoms with E-state index < -0.39 is 5.76 Å². The van der Waals surface area contributed by atoms with Crippen LogP contribution >= 0.6 is 11.8 Å². The second kappa shape index (κ2) is 6.47. The van der Waals surface area contributed by atoms with Crippen molar-refractivity contribution in [1.82, 2.24) is 9.78 Å². The van der Waals surface area contributed by atoms with Crippen LogP contribution in [0.4, 0.5) is 14.5 Å². The predicted octanol–water partition coefficient (Wildman–Crippen LogP) is 4.56. The number of benzene rings is 1. The Balaban J connectivity index is 2.05. The first-order valence-electron chi connectivity index (χ1n) is 6.68. The minimum absolute atomic E-state index is 0.0678. The van der Waals surface area contributed by atoms with Crippen molar-refractivity contribution in [1.29, 1.82) is 0 Å². The second-order valence-corrected chi connectivity index (χ2v) is 6.72. The summed E-state index contributed by atoms with van der Waals surface area (Å²) in [6, 6.07) is 7.08. The number of anilines is 1. The number of nitrogens with one attached hydrogen (secondary N) is 1. The van der Waals surface area contributed by atoms with Gasteiger partial charge in [-0.3, -0.25) is 4.68 Å². The lowest BCUT2D eigenvalue weighted by molar-refractivity contribution is 0.252. The van der Waals surface area contributed by atoms with E-state index in [1.54, 1.807) is 24.4 Å².